The van der Waals surface area contributed by atoms with E-state index in [4.69, 9.17) is 0 Å². The number of hydrazine groups is 1. The monoisotopic (exact) mass is 182 g/mol. The molecular weight excluding hydrogens is 168 g/mol. The van der Waals surface area contributed by atoms with Crippen LogP contribution in [-0.4, -0.2) is 23.4 Å². The molecule has 2 fully saturated rings. The van der Waals surface area contributed by atoms with E-state index in [1.165, 1.54) is 5.01 Å². The van der Waals surface area contributed by atoms with Gasteiger partial charge < -0.3 is 0 Å². The van der Waals surface area contributed by atoms with Gasteiger partial charge in [-0.1, -0.05) is 6.42 Å². The average molecular weight is 182 g/mol. The maximum absolute atomic E-state index is 11.4. The van der Waals surface area contributed by atoms with Gasteiger partial charge in [-0.15, -0.1) is 0 Å². The van der Waals surface area contributed by atoms with E-state index in [0.717, 1.165) is 25.7 Å². The fourth-order valence-corrected chi connectivity index (χ4v) is 1.66. The molecule has 0 unspecified atom stereocenters. The molecule has 2 amide bonds. The Morgan fingerprint density at radius 2 is 2.15 bits per heavy atom. The predicted molar refractivity (Wildman–Crippen MR) is 46.4 cm³/mol. The van der Waals surface area contributed by atoms with Gasteiger partial charge in [-0.2, -0.15) is 0 Å². The molecular formula is C9H14N2O2. The fourth-order valence-electron chi connectivity index (χ4n) is 1.66. The van der Waals surface area contributed by atoms with Crippen molar-refractivity contribution >= 4 is 11.8 Å². The summed E-state index contributed by atoms with van der Waals surface area (Å²) in [6.45, 7) is 0.678. The van der Waals surface area contributed by atoms with Gasteiger partial charge in [0.2, 0.25) is 11.8 Å². The number of hydrogen-bond acceptors (Lipinski definition) is 2. The zero-order valence-corrected chi connectivity index (χ0v) is 7.58. The number of hydrogen-bond donors (Lipinski definition) is 1. The molecule has 2 aliphatic rings. The van der Waals surface area contributed by atoms with Gasteiger partial charge in [-0.3, -0.25) is 20.0 Å². The third-order valence-corrected chi connectivity index (χ3v) is 2.79. The number of amides is 2. The first-order chi connectivity index (χ1) is 6.27. The Balaban J connectivity index is 1.82. The Labute approximate surface area is 77.3 Å². The summed E-state index contributed by atoms with van der Waals surface area (Å²) >= 11 is 0. The van der Waals surface area contributed by atoms with Crippen molar-refractivity contribution in [3.63, 3.8) is 0 Å². The highest BCUT2D eigenvalue weighted by Crippen LogP contribution is 2.26. The minimum Gasteiger partial charge on any atom is -0.273 e. The van der Waals surface area contributed by atoms with Gasteiger partial charge in [-0.05, 0) is 19.3 Å². The molecule has 0 radical (unpaired) electrons. The fraction of sp³-hybridized carbons (Fsp3) is 0.778. The van der Waals surface area contributed by atoms with E-state index >= 15 is 0 Å². The molecule has 2 rings (SSSR count). The molecule has 1 heterocycles. The zero-order chi connectivity index (χ0) is 9.26. The van der Waals surface area contributed by atoms with Crippen LogP contribution in [0.1, 0.15) is 32.1 Å². The standard InChI is InChI=1S/C9H14N2O2/c12-8-5-2-6-11(8)10-9(13)7-3-1-4-7/h7H,1-6H2,(H,10,13). The van der Waals surface area contributed by atoms with Crippen molar-refractivity contribution in [1.82, 2.24) is 10.4 Å². The first-order valence-electron chi connectivity index (χ1n) is 4.88. The lowest BCUT2D eigenvalue weighted by atomic mass is 9.85. The normalized spacial score (nSPS) is 23.1. The van der Waals surface area contributed by atoms with Gasteiger partial charge in [-0.25, -0.2) is 0 Å². The van der Waals surface area contributed by atoms with Crippen LogP contribution in [-0.2, 0) is 9.59 Å². The number of carbonyl (C=O) groups excluding carboxylic acids is 2. The third-order valence-electron chi connectivity index (χ3n) is 2.79. The van der Waals surface area contributed by atoms with Gasteiger partial charge in [0.1, 0.15) is 0 Å². The highest BCUT2D eigenvalue weighted by Gasteiger charge is 2.29. The molecule has 0 spiro atoms. The van der Waals surface area contributed by atoms with E-state index in [2.05, 4.69) is 5.43 Å². The molecule has 1 N–H and O–H groups in total. The van der Waals surface area contributed by atoms with Crippen molar-refractivity contribution in [2.75, 3.05) is 6.54 Å². The van der Waals surface area contributed by atoms with Crippen LogP contribution in [0.3, 0.4) is 0 Å². The predicted octanol–water partition coefficient (Wildman–Crippen LogP) is 0.440. The summed E-state index contributed by atoms with van der Waals surface area (Å²) in [5, 5.41) is 1.46. The first kappa shape index (κ1) is 8.53. The highest BCUT2D eigenvalue weighted by molar-refractivity contribution is 5.84. The van der Waals surface area contributed by atoms with Crippen LogP contribution in [0.25, 0.3) is 0 Å². The van der Waals surface area contributed by atoms with E-state index in [9.17, 15) is 9.59 Å². The molecule has 0 aromatic carbocycles. The molecule has 1 aliphatic carbocycles. The molecule has 0 aromatic heterocycles. The Morgan fingerprint density at radius 1 is 1.38 bits per heavy atom. The quantitative estimate of drug-likeness (QED) is 0.673. The molecule has 0 bridgehead atoms. The number of nitrogens with zero attached hydrogens (tertiary/aromatic N) is 1. The molecule has 1 saturated heterocycles. The van der Waals surface area contributed by atoms with Crippen molar-refractivity contribution in [3.05, 3.63) is 0 Å². The highest BCUT2D eigenvalue weighted by atomic mass is 16.2. The van der Waals surface area contributed by atoms with Crippen LogP contribution in [0.2, 0.25) is 0 Å². The molecule has 0 aromatic rings. The molecule has 1 saturated carbocycles. The van der Waals surface area contributed by atoms with Gasteiger partial charge in [0.15, 0.2) is 0 Å². The average Bonchev–Trinajstić information content (AvgIpc) is 2.32. The SMILES string of the molecule is O=C(NN1CCCC1=O)C1CCC1. The Morgan fingerprint density at radius 3 is 2.62 bits per heavy atom. The van der Waals surface area contributed by atoms with Crippen LogP contribution >= 0.6 is 0 Å². The lowest BCUT2D eigenvalue weighted by Crippen LogP contribution is -2.46. The number of rotatable bonds is 2. The van der Waals surface area contributed by atoms with E-state index in [1.54, 1.807) is 0 Å². The van der Waals surface area contributed by atoms with Crippen molar-refractivity contribution in [2.45, 2.75) is 32.1 Å². The zero-order valence-electron chi connectivity index (χ0n) is 7.58. The summed E-state index contributed by atoms with van der Waals surface area (Å²) in [5.74, 6) is 0.238. The van der Waals surface area contributed by atoms with Crippen molar-refractivity contribution < 1.29 is 9.59 Å². The molecule has 4 heteroatoms. The van der Waals surface area contributed by atoms with E-state index in [1.807, 2.05) is 0 Å². The van der Waals surface area contributed by atoms with Gasteiger partial charge in [0, 0.05) is 18.9 Å². The maximum Gasteiger partial charge on any atom is 0.241 e. The number of nitrogens with one attached hydrogen (secondary N) is 1. The largest absolute Gasteiger partial charge is 0.273 e. The minimum atomic E-state index is 0.0292. The summed E-state index contributed by atoms with van der Waals surface area (Å²) in [6, 6.07) is 0. The molecule has 13 heavy (non-hydrogen) atoms. The summed E-state index contributed by atoms with van der Waals surface area (Å²) in [6.07, 6.45) is 4.54. The number of carbonyl (C=O) groups is 2. The van der Waals surface area contributed by atoms with Gasteiger partial charge in [0.25, 0.3) is 0 Å². The summed E-state index contributed by atoms with van der Waals surface area (Å²) in [5.41, 5.74) is 2.68. The Bertz CT molecular complexity index is 236. The molecule has 0 atom stereocenters. The maximum atomic E-state index is 11.4. The van der Waals surface area contributed by atoms with E-state index in [0.29, 0.717) is 13.0 Å². The Hall–Kier alpha value is -1.06. The second-order valence-electron chi connectivity index (χ2n) is 3.75. The van der Waals surface area contributed by atoms with Crippen LogP contribution < -0.4 is 5.43 Å². The lowest BCUT2D eigenvalue weighted by molar-refractivity contribution is -0.141. The lowest BCUT2D eigenvalue weighted by Gasteiger charge is -2.27. The summed E-state index contributed by atoms with van der Waals surface area (Å²) in [7, 11) is 0. The van der Waals surface area contributed by atoms with Gasteiger partial charge >= 0.3 is 0 Å². The van der Waals surface area contributed by atoms with Gasteiger partial charge in [0.05, 0.1) is 0 Å². The second-order valence-corrected chi connectivity index (χ2v) is 3.75. The second kappa shape index (κ2) is 3.36. The summed E-state index contributed by atoms with van der Waals surface area (Å²) in [4.78, 5) is 22.6. The van der Waals surface area contributed by atoms with Crippen LogP contribution in [0, 0.1) is 5.92 Å². The third kappa shape index (κ3) is 1.66. The summed E-state index contributed by atoms with van der Waals surface area (Å²) < 4.78 is 0. The van der Waals surface area contributed by atoms with Crippen LogP contribution in [0.15, 0.2) is 0 Å². The molecule has 72 valence electrons. The first-order valence-corrected chi connectivity index (χ1v) is 4.88. The van der Waals surface area contributed by atoms with Crippen LogP contribution in [0.5, 0.6) is 0 Å². The smallest absolute Gasteiger partial charge is 0.241 e. The topological polar surface area (TPSA) is 49.4 Å². The van der Waals surface area contributed by atoms with Crippen molar-refractivity contribution in [2.24, 2.45) is 5.92 Å². The molecule has 4 nitrogen and oxygen atoms in total. The van der Waals surface area contributed by atoms with E-state index in [-0.39, 0.29) is 17.7 Å². The van der Waals surface area contributed by atoms with Crippen molar-refractivity contribution in [3.8, 4) is 0 Å². The Kier molecular flexibility index (Phi) is 2.20. The van der Waals surface area contributed by atoms with Crippen molar-refractivity contribution in [1.29, 1.82) is 0 Å². The van der Waals surface area contributed by atoms with Crippen LogP contribution in [0.4, 0.5) is 0 Å². The molecule has 1 aliphatic heterocycles. The van der Waals surface area contributed by atoms with E-state index < -0.39 is 0 Å². The minimum absolute atomic E-state index is 0.0292.